The van der Waals surface area contributed by atoms with Gasteiger partial charge in [-0.25, -0.2) is 0 Å². The molecule has 17 heavy (non-hydrogen) atoms. The van der Waals surface area contributed by atoms with Gasteiger partial charge in [0.1, 0.15) is 0 Å². The van der Waals surface area contributed by atoms with Gasteiger partial charge < -0.3 is 10.5 Å². The Hall–Kier alpha value is -0.120. The Morgan fingerprint density at radius 1 is 1.41 bits per heavy atom. The summed E-state index contributed by atoms with van der Waals surface area (Å²) in [6, 6.07) is 1.04. The molecule has 3 heteroatoms. The van der Waals surface area contributed by atoms with Gasteiger partial charge in [0.15, 0.2) is 0 Å². The highest BCUT2D eigenvalue weighted by Gasteiger charge is 2.39. The van der Waals surface area contributed by atoms with E-state index in [9.17, 15) is 0 Å². The van der Waals surface area contributed by atoms with Crippen molar-refractivity contribution in [3.8, 4) is 0 Å². The van der Waals surface area contributed by atoms with Crippen LogP contribution in [0, 0.1) is 5.41 Å². The molecule has 0 spiro atoms. The molecule has 3 nitrogen and oxygen atoms in total. The Balaban J connectivity index is 1.91. The van der Waals surface area contributed by atoms with Crippen LogP contribution in [0.3, 0.4) is 0 Å². The number of ether oxygens (including phenoxy) is 1. The van der Waals surface area contributed by atoms with E-state index in [1.54, 1.807) is 0 Å². The number of nitrogens with two attached hydrogens (primary N) is 1. The van der Waals surface area contributed by atoms with E-state index in [1.807, 2.05) is 7.11 Å². The van der Waals surface area contributed by atoms with Crippen molar-refractivity contribution >= 4 is 0 Å². The summed E-state index contributed by atoms with van der Waals surface area (Å²) in [5, 5.41) is 0. The van der Waals surface area contributed by atoms with Gasteiger partial charge in [0.2, 0.25) is 0 Å². The normalized spacial score (nSPS) is 44.1. The smallest absolute Gasteiger partial charge is 0.0598 e. The molecule has 0 aromatic heterocycles. The van der Waals surface area contributed by atoms with Crippen LogP contribution in [0.15, 0.2) is 0 Å². The van der Waals surface area contributed by atoms with Crippen molar-refractivity contribution in [2.75, 3.05) is 20.2 Å². The van der Waals surface area contributed by atoms with Crippen molar-refractivity contribution in [2.24, 2.45) is 11.1 Å². The molecule has 2 aliphatic rings. The zero-order valence-electron chi connectivity index (χ0n) is 11.6. The first-order valence-electron chi connectivity index (χ1n) is 7.07. The van der Waals surface area contributed by atoms with Gasteiger partial charge >= 0.3 is 0 Å². The molecule has 1 aliphatic heterocycles. The van der Waals surface area contributed by atoms with Crippen LogP contribution in [-0.2, 0) is 4.74 Å². The van der Waals surface area contributed by atoms with Crippen LogP contribution in [0.5, 0.6) is 0 Å². The minimum Gasteiger partial charge on any atom is -0.381 e. The predicted molar refractivity (Wildman–Crippen MR) is 71.0 cm³/mol. The fraction of sp³-hybridized carbons (Fsp3) is 1.00. The van der Waals surface area contributed by atoms with Gasteiger partial charge in [-0.05, 0) is 38.0 Å². The average Bonchev–Trinajstić information content (AvgIpc) is 2.62. The highest BCUT2D eigenvalue weighted by molar-refractivity contribution is 4.95. The zero-order valence-corrected chi connectivity index (χ0v) is 11.6. The maximum atomic E-state index is 6.28. The Kier molecular flexibility index (Phi) is 4.11. The number of likely N-dealkylation sites (tertiary alicyclic amines) is 1. The van der Waals surface area contributed by atoms with E-state index >= 15 is 0 Å². The molecule has 100 valence electrons. The van der Waals surface area contributed by atoms with E-state index in [2.05, 4.69) is 18.7 Å². The zero-order chi connectivity index (χ0) is 12.5. The SMILES string of the molecule is COC1CCN(CC2(C)CCCC2N)C(C)C1. The number of hydrogen-bond donors (Lipinski definition) is 1. The van der Waals surface area contributed by atoms with E-state index in [1.165, 1.54) is 45.2 Å². The molecule has 1 saturated carbocycles. The standard InChI is InChI=1S/C14H28N2O/c1-11-9-12(17-3)6-8-16(11)10-14(2)7-4-5-13(14)15/h11-13H,4-10,15H2,1-3H3. The minimum atomic E-state index is 0.341. The summed E-state index contributed by atoms with van der Waals surface area (Å²) in [6.45, 7) is 7.04. The van der Waals surface area contributed by atoms with Gasteiger partial charge in [-0.2, -0.15) is 0 Å². The van der Waals surface area contributed by atoms with Gasteiger partial charge in [0.05, 0.1) is 6.10 Å². The van der Waals surface area contributed by atoms with E-state index in [4.69, 9.17) is 10.5 Å². The summed E-state index contributed by atoms with van der Waals surface area (Å²) < 4.78 is 5.47. The molecule has 0 bridgehead atoms. The highest BCUT2D eigenvalue weighted by atomic mass is 16.5. The topological polar surface area (TPSA) is 38.5 Å². The molecule has 0 amide bonds. The molecule has 0 radical (unpaired) electrons. The lowest BCUT2D eigenvalue weighted by atomic mass is 9.83. The lowest BCUT2D eigenvalue weighted by molar-refractivity contribution is -0.000123. The molecule has 4 atom stereocenters. The van der Waals surface area contributed by atoms with Crippen molar-refractivity contribution in [3.63, 3.8) is 0 Å². The third-order valence-corrected chi connectivity index (χ3v) is 5.02. The van der Waals surface area contributed by atoms with Gasteiger partial charge in [-0.15, -0.1) is 0 Å². The van der Waals surface area contributed by atoms with Crippen LogP contribution in [0.4, 0.5) is 0 Å². The average molecular weight is 240 g/mol. The van der Waals surface area contributed by atoms with Crippen LogP contribution < -0.4 is 5.73 Å². The molecule has 1 aliphatic carbocycles. The molecule has 0 aromatic rings. The summed E-state index contributed by atoms with van der Waals surface area (Å²) in [4.78, 5) is 2.63. The second-order valence-corrected chi connectivity index (χ2v) is 6.35. The summed E-state index contributed by atoms with van der Waals surface area (Å²) in [7, 11) is 1.83. The molecule has 0 aromatic carbocycles. The van der Waals surface area contributed by atoms with Crippen molar-refractivity contribution in [2.45, 2.75) is 64.1 Å². The number of rotatable bonds is 3. The first kappa shape index (κ1) is 13.3. The Morgan fingerprint density at radius 2 is 2.18 bits per heavy atom. The lowest BCUT2D eigenvalue weighted by Gasteiger charge is -2.42. The third-order valence-electron chi connectivity index (χ3n) is 5.02. The second kappa shape index (κ2) is 5.25. The molecule has 4 unspecified atom stereocenters. The molecule has 1 saturated heterocycles. The molecular formula is C14H28N2O. The molecule has 2 N–H and O–H groups in total. The summed E-state index contributed by atoms with van der Waals surface area (Å²) in [6.07, 6.45) is 6.62. The Bertz CT molecular complexity index is 259. The van der Waals surface area contributed by atoms with Crippen molar-refractivity contribution in [1.82, 2.24) is 4.90 Å². The first-order valence-corrected chi connectivity index (χ1v) is 7.07. The molecular weight excluding hydrogens is 212 g/mol. The van der Waals surface area contributed by atoms with Gasteiger partial charge in [0.25, 0.3) is 0 Å². The molecule has 1 heterocycles. The van der Waals surface area contributed by atoms with Crippen molar-refractivity contribution in [3.05, 3.63) is 0 Å². The first-order chi connectivity index (χ1) is 8.05. The van der Waals surface area contributed by atoms with Crippen LogP contribution in [-0.4, -0.2) is 43.3 Å². The number of nitrogens with zero attached hydrogens (tertiary/aromatic N) is 1. The predicted octanol–water partition coefficient (Wildman–Crippen LogP) is 2.00. The monoisotopic (exact) mass is 240 g/mol. The van der Waals surface area contributed by atoms with Gasteiger partial charge in [0, 0.05) is 32.3 Å². The summed E-state index contributed by atoms with van der Waals surface area (Å²) >= 11 is 0. The second-order valence-electron chi connectivity index (χ2n) is 6.35. The fourth-order valence-corrected chi connectivity index (χ4v) is 3.55. The Labute approximate surface area is 106 Å². The van der Waals surface area contributed by atoms with E-state index in [-0.39, 0.29) is 0 Å². The van der Waals surface area contributed by atoms with Crippen LogP contribution >= 0.6 is 0 Å². The number of piperidine rings is 1. The molecule has 2 fully saturated rings. The van der Waals surface area contributed by atoms with E-state index in [0.29, 0.717) is 23.6 Å². The fourth-order valence-electron chi connectivity index (χ4n) is 3.55. The number of hydrogen-bond acceptors (Lipinski definition) is 3. The molecule has 2 rings (SSSR count). The van der Waals surface area contributed by atoms with Gasteiger partial charge in [-0.1, -0.05) is 13.3 Å². The maximum absolute atomic E-state index is 6.28. The minimum absolute atomic E-state index is 0.341. The Morgan fingerprint density at radius 3 is 2.71 bits per heavy atom. The van der Waals surface area contributed by atoms with E-state index < -0.39 is 0 Å². The van der Waals surface area contributed by atoms with Crippen LogP contribution in [0.25, 0.3) is 0 Å². The van der Waals surface area contributed by atoms with Crippen LogP contribution in [0.2, 0.25) is 0 Å². The summed E-state index contributed by atoms with van der Waals surface area (Å²) in [5.74, 6) is 0. The van der Waals surface area contributed by atoms with Gasteiger partial charge in [-0.3, -0.25) is 4.90 Å². The quantitative estimate of drug-likeness (QED) is 0.820. The number of methoxy groups -OCH3 is 1. The largest absolute Gasteiger partial charge is 0.381 e. The van der Waals surface area contributed by atoms with Crippen LogP contribution in [0.1, 0.15) is 46.0 Å². The maximum Gasteiger partial charge on any atom is 0.0598 e. The van der Waals surface area contributed by atoms with Crippen molar-refractivity contribution in [1.29, 1.82) is 0 Å². The lowest BCUT2D eigenvalue weighted by Crippen LogP contribution is -2.50. The third kappa shape index (κ3) is 2.83. The summed E-state index contributed by atoms with van der Waals surface area (Å²) in [5.41, 5.74) is 6.62. The highest BCUT2D eigenvalue weighted by Crippen LogP contribution is 2.38. The van der Waals surface area contributed by atoms with Crippen molar-refractivity contribution < 1.29 is 4.74 Å². The van der Waals surface area contributed by atoms with E-state index in [0.717, 1.165) is 0 Å².